The van der Waals surface area contributed by atoms with E-state index in [4.69, 9.17) is 27.9 Å². The van der Waals surface area contributed by atoms with Crippen molar-refractivity contribution >= 4 is 41.1 Å². The first-order valence-corrected chi connectivity index (χ1v) is 14.0. The third-order valence-electron chi connectivity index (χ3n) is 8.11. The Labute approximate surface area is 233 Å². The molecule has 4 saturated carbocycles. The van der Waals surface area contributed by atoms with Crippen molar-refractivity contribution in [3.63, 3.8) is 0 Å². The lowest BCUT2D eigenvalue weighted by Gasteiger charge is -2.60. The van der Waals surface area contributed by atoms with Crippen molar-refractivity contribution in [3.8, 4) is 6.07 Å². The number of carbonyl (C=O) groups is 1. The average Bonchev–Trinajstić information content (AvgIpc) is 2.83. The summed E-state index contributed by atoms with van der Waals surface area (Å²) in [7, 11) is 0. The quantitative estimate of drug-likeness (QED) is 0.361. The van der Waals surface area contributed by atoms with Crippen molar-refractivity contribution in [1.82, 2.24) is 15.3 Å². The zero-order valence-electron chi connectivity index (χ0n) is 22.0. The molecule has 0 saturated heterocycles. The molecule has 1 unspecified atom stereocenters. The van der Waals surface area contributed by atoms with E-state index in [9.17, 15) is 10.1 Å². The number of nitrogens with one attached hydrogen (secondary N) is 3. The van der Waals surface area contributed by atoms with Gasteiger partial charge in [-0.15, -0.1) is 0 Å². The highest BCUT2D eigenvalue weighted by Gasteiger charge is 2.55. The minimum absolute atomic E-state index is 0.124. The van der Waals surface area contributed by atoms with E-state index in [0.717, 1.165) is 44.2 Å². The van der Waals surface area contributed by atoms with Gasteiger partial charge in [-0.05, 0) is 88.2 Å². The maximum absolute atomic E-state index is 12.5. The molecular weight excluding hydrogens is 523 g/mol. The molecule has 2 aromatic rings. The Morgan fingerprint density at radius 2 is 1.84 bits per heavy atom. The number of anilines is 2. The molecule has 1 aromatic heterocycles. The standard InChI is InChI=1S/C28H34Cl2N6O2/c1-27(2,3)38-26(37)35-23-17-7-16-8-18(23)11-28(9-16,10-17)15-34-24-19(12-31)13-32-25(36-24)33-14-20-21(29)5-4-6-22(20)30/h4-6,13,16-18,23H,7-11,14-15H2,1-3H3,(H,35,37)(H2,32,33,34,36)/t16?,17-,18+,23-,28-. The van der Waals surface area contributed by atoms with Crippen LogP contribution >= 0.6 is 23.2 Å². The summed E-state index contributed by atoms with van der Waals surface area (Å²) in [6.07, 6.45) is 6.75. The zero-order valence-corrected chi connectivity index (χ0v) is 23.5. The molecule has 3 N–H and O–H groups in total. The monoisotopic (exact) mass is 556 g/mol. The molecule has 202 valence electrons. The molecule has 1 aromatic carbocycles. The highest BCUT2D eigenvalue weighted by molar-refractivity contribution is 6.36. The second-order valence-corrected chi connectivity index (χ2v) is 12.9. The van der Waals surface area contributed by atoms with E-state index in [1.165, 1.54) is 6.20 Å². The van der Waals surface area contributed by atoms with Gasteiger partial charge in [0.2, 0.25) is 5.95 Å². The van der Waals surface area contributed by atoms with Crippen LogP contribution in [0.4, 0.5) is 16.6 Å². The number of hydrogen-bond acceptors (Lipinski definition) is 7. The van der Waals surface area contributed by atoms with E-state index in [2.05, 4.69) is 32.0 Å². The predicted molar refractivity (Wildman–Crippen MR) is 148 cm³/mol. The van der Waals surface area contributed by atoms with E-state index < -0.39 is 5.60 Å². The Kier molecular flexibility index (Phi) is 7.36. The number of rotatable bonds is 7. The second-order valence-electron chi connectivity index (χ2n) is 12.1. The molecular formula is C28H34Cl2N6O2. The molecule has 38 heavy (non-hydrogen) atoms. The van der Waals surface area contributed by atoms with Crippen LogP contribution in [0.5, 0.6) is 0 Å². The van der Waals surface area contributed by atoms with Crippen LogP contribution in [-0.4, -0.2) is 34.2 Å². The summed E-state index contributed by atoms with van der Waals surface area (Å²) in [6, 6.07) is 7.74. The van der Waals surface area contributed by atoms with Gasteiger partial charge in [-0.2, -0.15) is 10.2 Å². The van der Waals surface area contributed by atoms with E-state index in [-0.39, 0.29) is 17.6 Å². The number of nitrogens with zero attached hydrogens (tertiary/aromatic N) is 3. The molecule has 5 atom stereocenters. The first kappa shape index (κ1) is 26.8. The van der Waals surface area contributed by atoms with Crippen LogP contribution in [0.2, 0.25) is 10.0 Å². The van der Waals surface area contributed by atoms with Crippen LogP contribution in [-0.2, 0) is 11.3 Å². The molecule has 4 aliphatic carbocycles. The minimum Gasteiger partial charge on any atom is -0.444 e. The molecule has 4 bridgehead atoms. The molecule has 0 radical (unpaired) electrons. The maximum Gasteiger partial charge on any atom is 0.407 e. The largest absolute Gasteiger partial charge is 0.444 e. The molecule has 10 heteroatoms. The van der Waals surface area contributed by atoms with Crippen LogP contribution in [0.15, 0.2) is 24.4 Å². The molecule has 1 heterocycles. The van der Waals surface area contributed by atoms with Crippen LogP contribution < -0.4 is 16.0 Å². The lowest BCUT2D eigenvalue weighted by molar-refractivity contribution is -0.0703. The number of ether oxygens (including phenoxy) is 1. The predicted octanol–water partition coefficient (Wildman–Crippen LogP) is 6.40. The number of carbonyl (C=O) groups excluding carboxylic acids is 1. The van der Waals surface area contributed by atoms with Gasteiger partial charge in [-0.3, -0.25) is 0 Å². The molecule has 0 aliphatic heterocycles. The molecule has 6 rings (SSSR count). The summed E-state index contributed by atoms with van der Waals surface area (Å²) in [6.45, 7) is 6.76. The number of nitriles is 1. The molecule has 4 fully saturated rings. The summed E-state index contributed by atoms with van der Waals surface area (Å²) < 4.78 is 5.54. The number of alkyl carbamates (subject to hydrolysis) is 1. The van der Waals surface area contributed by atoms with Crippen LogP contribution in [0, 0.1) is 34.5 Å². The Hall–Kier alpha value is -2.76. The van der Waals surface area contributed by atoms with Crippen molar-refractivity contribution in [2.45, 2.75) is 71.1 Å². The van der Waals surface area contributed by atoms with Crippen molar-refractivity contribution in [2.75, 3.05) is 17.2 Å². The third kappa shape index (κ3) is 5.79. The molecule has 1 amide bonds. The van der Waals surface area contributed by atoms with Gasteiger partial charge >= 0.3 is 6.09 Å². The third-order valence-corrected chi connectivity index (χ3v) is 8.82. The van der Waals surface area contributed by atoms with Crippen molar-refractivity contribution < 1.29 is 9.53 Å². The van der Waals surface area contributed by atoms with Crippen LogP contribution in [0.3, 0.4) is 0 Å². The lowest BCUT2D eigenvalue weighted by atomic mass is 9.48. The summed E-state index contributed by atoms with van der Waals surface area (Å²) in [5.41, 5.74) is 0.783. The molecule has 0 spiro atoms. The zero-order chi connectivity index (χ0) is 27.1. The fourth-order valence-electron chi connectivity index (χ4n) is 6.91. The topological polar surface area (TPSA) is 112 Å². The number of hydrogen-bond donors (Lipinski definition) is 3. The number of halogens is 2. The van der Waals surface area contributed by atoms with Crippen molar-refractivity contribution in [1.29, 1.82) is 5.26 Å². The Balaban J connectivity index is 1.25. The Bertz CT molecular complexity index is 1220. The van der Waals surface area contributed by atoms with E-state index in [1.807, 2.05) is 20.8 Å². The number of amides is 1. The molecule has 8 nitrogen and oxygen atoms in total. The van der Waals surface area contributed by atoms with Crippen molar-refractivity contribution in [2.24, 2.45) is 23.2 Å². The molecule has 4 aliphatic rings. The van der Waals surface area contributed by atoms with Gasteiger partial charge in [0.15, 0.2) is 0 Å². The summed E-state index contributed by atoms with van der Waals surface area (Å²) >= 11 is 12.6. The van der Waals surface area contributed by atoms with E-state index in [1.54, 1.807) is 18.2 Å². The average molecular weight is 558 g/mol. The van der Waals surface area contributed by atoms with Gasteiger partial charge in [0.25, 0.3) is 0 Å². The van der Waals surface area contributed by atoms with Gasteiger partial charge in [0.05, 0.1) is 6.20 Å². The lowest BCUT2D eigenvalue weighted by Crippen LogP contribution is -2.60. The van der Waals surface area contributed by atoms with Gasteiger partial charge < -0.3 is 20.7 Å². The van der Waals surface area contributed by atoms with E-state index in [0.29, 0.717) is 51.7 Å². The highest BCUT2D eigenvalue weighted by atomic mass is 35.5. The van der Waals surface area contributed by atoms with Gasteiger partial charge in [-0.25, -0.2) is 9.78 Å². The van der Waals surface area contributed by atoms with Gasteiger partial charge in [0, 0.05) is 34.7 Å². The first-order chi connectivity index (χ1) is 18.0. The van der Waals surface area contributed by atoms with Crippen molar-refractivity contribution in [3.05, 3.63) is 45.6 Å². The smallest absolute Gasteiger partial charge is 0.407 e. The normalized spacial score (nSPS) is 27.5. The second kappa shape index (κ2) is 10.4. The number of aromatic nitrogens is 2. The minimum atomic E-state index is -0.509. The van der Waals surface area contributed by atoms with Gasteiger partial charge in [0.1, 0.15) is 23.1 Å². The summed E-state index contributed by atoms with van der Waals surface area (Å²) in [5, 5.41) is 20.7. The Morgan fingerprint density at radius 1 is 1.16 bits per heavy atom. The summed E-state index contributed by atoms with van der Waals surface area (Å²) in [4.78, 5) is 21.4. The first-order valence-electron chi connectivity index (χ1n) is 13.2. The van der Waals surface area contributed by atoms with E-state index >= 15 is 0 Å². The fourth-order valence-corrected chi connectivity index (χ4v) is 7.44. The van der Waals surface area contributed by atoms with Gasteiger partial charge in [-0.1, -0.05) is 29.3 Å². The van der Waals surface area contributed by atoms with Crippen LogP contribution in [0.25, 0.3) is 0 Å². The number of benzene rings is 1. The Morgan fingerprint density at radius 3 is 2.47 bits per heavy atom. The maximum atomic E-state index is 12.5. The van der Waals surface area contributed by atoms with Crippen LogP contribution in [0.1, 0.15) is 64.0 Å². The SMILES string of the molecule is CC(C)(C)OC(=O)N[C@@H]1[C@@H]2CC3C[C@H]1C[C@@](CNc1nc(NCc4c(Cl)cccc4Cl)ncc1C#N)(C3)C2. The summed E-state index contributed by atoms with van der Waals surface area (Å²) in [5.74, 6) is 2.47. The highest BCUT2D eigenvalue weighted by Crippen LogP contribution is 2.60. The fraction of sp³-hybridized carbons (Fsp3) is 0.571.